The molecule has 9 atom stereocenters. The van der Waals surface area contributed by atoms with E-state index in [0.717, 1.165) is 0 Å². The molecule has 0 spiro atoms. The normalized spacial score (nSPS) is 17.0. The number of phenolic OH excluding ortho intramolecular Hbond substituents is 1. The summed E-state index contributed by atoms with van der Waals surface area (Å²) in [5.74, 6) is -8.85. The molecule has 32 nitrogen and oxygen atoms in total. The second-order valence-corrected chi connectivity index (χ2v) is 23.3. The fourth-order valence-corrected chi connectivity index (χ4v) is 10.1. The first-order valence-electron chi connectivity index (χ1n) is 29.4. The molecule has 9 unspecified atom stereocenters. The first-order chi connectivity index (χ1) is 42.7. The summed E-state index contributed by atoms with van der Waals surface area (Å²) in [6, 6.07) is -1.53. The van der Waals surface area contributed by atoms with E-state index in [1.165, 1.54) is 41.7 Å². The number of aromatic nitrogens is 3. The number of rotatable bonds is 30. The van der Waals surface area contributed by atoms with Crippen LogP contribution in [0.3, 0.4) is 0 Å². The number of benzene rings is 2. The van der Waals surface area contributed by atoms with Gasteiger partial charge < -0.3 is 89.6 Å². The van der Waals surface area contributed by atoms with Crippen LogP contribution in [0.15, 0.2) is 72.2 Å². The number of imidazole rings is 1. The van der Waals surface area contributed by atoms with Crippen LogP contribution in [0.1, 0.15) is 102 Å². The average molecular weight is 1260 g/mol. The first kappa shape index (κ1) is 69.3. The number of hydrogen-bond donors (Lipinski definition) is 17. The van der Waals surface area contributed by atoms with Crippen molar-refractivity contribution in [1.82, 2.24) is 73.2 Å². The van der Waals surface area contributed by atoms with Gasteiger partial charge in [-0.25, -0.2) is 15.2 Å². The number of hydrogen-bond acceptors (Lipinski definition) is 16. The minimum atomic E-state index is -1.83. The van der Waals surface area contributed by atoms with Gasteiger partial charge in [-0.1, -0.05) is 44.2 Å². The zero-order valence-electron chi connectivity index (χ0n) is 50.7. The molecule has 32 heteroatoms. The maximum atomic E-state index is 14.8. The number of primary amides is 1. The van der Waals surface area contributed by atoms with E-state index in [1.54, 1.807) is 65.1 Å². The summed E-state index contributed by atoms with van der Waals surface area (Å²) in [5, 5.41) is 42.7. The third-order valence-electron chi connectivity index (χ3n) is 14.6. The van der Waals surface area contributed by atoms with Gasteiger partial charge in [-0.15, -0.1) is 0 Å². The molecule has 4 heterocycles. The van der Waals surface area contributed by atoms with Crippen molar-refractivity contribution >= 4 is 82.0 Å². The number of carbonyl (C=O) groups is 11. The van der Waals surface area contributed by atoms with E-state index in [0.29, 0.717) is 28.6 Å². The molecular formula is C58H82N18O14. The van der Waals surface area contributed by atoms with Crippen LogP contribution >= 0.6 is 0 Å². The zero-order chi connectivity index (χ0) is 65.8. The van der Waals surface area contributed by atoms with Crippen molar-refractivity contribution in [2.75, 3.05) is 26.3 Å². The highest BCUT2D eigenvalue weighted by Crippen LogP contribution is 2.23. The van der Waals surface area contributed by atoms with Gasteiger partial charge in [0.25, 0.3) is 5.91 Å². The van der Waals surface area contributed by atoms with Crippen LogP contribution in [0.4, 0.5) is 4.79 Å². The predicted octanol–water partition coefficient (Wildman–Crippen LogP) is -2.98. The molecule has 0 radical (unpaired) electrons. The van der Waals surface area contributed by atoms with Gasteiger partial charge in [0.15, 0.2) is 5.96 Å². The summed E-state index contributed by atoms with van der Waals surface area (Å²) in [7, 11) is 0. The van der Waals surface area contributed by atoms with E-state index in [1.807, 2.05) is 5.43 Å². The molecule has 0 saturated carbocycles. The molecule has 2 aliphatic heterocycles. The van der Waals surface area contributed by atoms with Gasteiger partial charge in [-0.2, -0.15) is 0 Å². The maximum Gasteiger partial charge on any atom is 0.330 e. The number of hydrazine groups is 1. The molecule has 0 bridgehead atoms. The average Bonchev–Trinajstić information content (AvgIpc) is 2.21. The lowest BCUT2D eigenvalue weighted by molar-refractivity contribution is -0.142. The molecule has 488 valence electrons. The summed E-state index contributed by atoms with van der Waals surface area (Å²) in [4.78, 5) is 167. The fraction of sp³-hybridized carbons (Fsp3) is 0.500. The Kier molecular flexibility index (Phi) is 24.9. The highest BCUT2D eigenvalue weighted by atomic mass is 16.5. The van der Waals surface area contributed by atoms with Crippen molar-refractivity contribution in [2.24, 2.45) is 28.1 Å². The van der Waals surface area contributed by atoms with Gasteiger partial charge >= 0.3 is 6.03 Å². The quantitative estimate of drug-likeness (QED) is 0.0107. The van der Waals surface area contributed by atoms with E-state index in [4.69, 9.17) is 21.9 Å². The van der Waals surface area contributed by atoms with Crippen molar-refractivity contribution in [2.45, 2.75) is 152 Å². The van der Waals surface area contributed by atoms with Crippen LogP contribution in [0.5, 0.6) is 5.75 Å². The number of guanidine groups is 1. The topological polar surface area (TPSA) is 496 Å². The number of aliphatic hydroxyl groups is 1. The summed E-state index contributed by atoms with van der Waals surface area (Å²) in [6.45, 7) is 7.20. The minimum Gasteiger partial charge on any atom is -0.508 e. The largest absolute Gasteiger partial charge is 0.508 e. The number of aliphatic hydroxyl groups excluding tert-OH is 1. The predicted molar refractivity (Wildman–Crippen MR) is 324 cm³/mol. The van der Waals surface area contributed by atoms with Crippen molar-refractivity contribution in [3.63, 3.8) is 0 Å². The smallest absolute Gasteiger partial charge is 0.330 e. The van der Waals surface area contributed by atoms with Gasteiger partial charge in [-0.05, 0) is 94.5 Å². The van der Waals surface area contributed by atoms with Crippen molar-refractivity contribution < 1.29 is 67.7 Å². The van der Waals surface area contributed by atoms with E-state index in [9.17, 15) is 63.0 Å². The number of nitrogens with zero attached hydrogens (tertiary/aromatic N) is 3. The van der Waals surface area contributed by atoms with Crippen LogP contribution in [-0.2, 0) is 65.5 Å². The lowest BCUT2D eigenvalue weighted by Gasteiger charge is -2.31. The molecule has 6 rings (SSSR count). The molecule has 4 aromatic rings. The molecule has 0 aliphatic carbocycles. The van der Waals surface area contributed by atoms with Gasteiger partial charge in [0, 0.05) is 61.3 Å². The van der Waals surface area contributed by atoms with Crippen molar-refractivity contribution in [3.05, 3.63) is 84.1 Å². The number of nitrogens with one attached hydrogen (secondary N) is 12. The second-order valence-electron chi connectivity index (χ2n) is 23.3. The number of para-hydroxylation sites is 1. The number of aromatic hydroxyl groups is 1. The lowest BCUT2D eigenvalue weighted by Crippen LogP contribution is -2.60. The number of fused-ring (bicyclic) bond motifs is 1. The number of ether oxygens (including phenoxy) is 1. The number of nitrogens with two attached hydrogens (primary N) is 3. The third-order valence-corrected chi connectivity index (χ3v) is 14.6. The molecule has 2 aromatic carbocycles. The van der Waals surface area contributed by atoms with Crippen LogP contribution in [0.2, 0.25) is 0 Å². The Labute approximate surface area is 517 Å². The van der Waals surface area contributed by atoms with Crippen LogP contribution in [0.25, 0.3) is 10.9 Å². The number of aromatic amines is 2. The number of aliphatic imine (C=N–C) groups is 1. The van der Waals surface area contributed by atoms with Crippen LogP contribution in [0, 0.1) is 5.92 Å². The van der Waals surface area contributed by atoms with Crippen molar-refractivity contribution in [3.8, 4) is 5.75 Å². The lowest BCUT2D eigenvalue weighted by atomic mass is 10.0. The molecule has 90 heavy (non-hydrogen) atoms. The first-order valence-corrected chi connectivity index (χ1v) is 29.4. The number of likely N-dealkylation sites (tertiary alicyclic amines) is 1. The number of H-pyrrole nitrogens is 2. The Morgan fingerprint density at radius 1 is 0.744 bits per heavy atom. The fourth-order valence-electron chi connectivity index (χ4n) is 10.1. The van der Waals surface area contributed by atoms with Gasteiger partial charge in [0.2, 0.25) is 53.2 Å². The zero-order valence-corrected chi connectivity index (χ0v) is 50.7. The Balaban J connectivity index is 1.24. The Bertz CT molecular complexity index is 3220. The molecule has 2 aromatic heterocycles. The van der Waals surface area contributed by atoms with Crippen LogP contribution in [-0.4, -0.2) is 181 Å². The number of carbonyl (C=O) groups excluding carboxylic acids is 11. The number of urea groups is 1. The summed E-state index contributed by atoms with van der Waals surface area (Å²) in [6.07, 6.45) is 5.16. The Hall–Kier alpha value is -9.85. The summed E-state index contributed by atoms with van der Waals surface area (Å²) >= 11 is 0. The van der Waals surface area contributed by atoms with Crippen molar-refractivity contribution in [1.29, 1.82) is 0 Å². The van der Waals surface area contributed by atoms with E-state index in [2.05, 4.69) is 67.9 Å². The SMILES string of the molecule is CC(C)CC(NC(=O)C(COC(C)(C)C)NC(=O)C(NC(=O)C(CO)NC(=O)C(Cc1c[nH]c2ccccc12)NC(=O)C(Cc1cnc[nH]1)NC(=O)C1CCC(=O)N1)c1ccc(O)cc1)C(=O)NC(CCCN=C(N)N)C(=O)N1CCCC1C(=O)NNC(N)=O. The number of amides is 12. The van der Waals surface area contributed by atoms with E-state index >= 15 is 0 Å². The molecule has 2 aliphatic rings. The molecular weight excluding hydrogens is 1170 g/mol. The van der Waals surface area contributed by atoms with Crippen LogP contribution < -0.4 is 70.6 Å². The molecule has 12 amide bonds. The highest BCUT2D eigenvalue weighted by molar-refractivity contribution is 6.00. The van der Waals surface area contributed by atoms with Gasteiger partial charge in [-0.3, -0.25) is 58.4 Å². The van der Waals surface area contributed by atoms with E-state index < -0.39 is 132 Å². The minimum absolute atomic E-state index is 0.00275. The van der Waals surface area contributed by atoms with Gasteiger partial charge in [0.1, 0.15) is 60.1 Å². The van der Waals surface area contributed by atoms with E-state index in [-0.39, 0.29) is 93.6 Å². The monoisotopic (exact) mass is 1250 g/mol. The number of phenols is 1. The standard InChI is InChI=1S/C58H82N18O14/c1-30(2)22-39(48(81)67-38(12-8-20-63-56(59)60)55(88)76-21-9-13-44(76)53(86)74-75-57(61)89)68-52(85)43(28-90-58(3,4)5)72-54(87)46(31-14-16-34(78)17-15-31)73-51(84)42(27-77)71-49(82)40(23-32-25-64-36-11-7-6-10-35(32)36)69-50(83)41(24-33-26-62-29-65-33)70-47(80)37-18-19-45(79)66-37/h6-7,10-11,14-17,25-26,29-30,37-44,46,64,77-78H,8-9,12-13,18-24,27-28H2,1-5H3,(H,62,65)(H,66,79)(H,67,81)(H,68,85)(H,69,83)(H,70,80)(H,71,82)(H,72,87)(H,73,84)(H,74,86)(H4,59,60,63)(H3,61,75,89). The van der Waals surface area contributed by atoms with Gasteiger partial charge in [0.05, 0.1) is 25.1 Å². The molecule has 2 fully saturated rings. The molecule has 20 N–H and O–H groups in total. The maximum absolute atomic E-state index is 14.8. The summed E-state index contributed by atoms with van der Waals surface area (Å²) in [5.41, 5.74) is 21.2. The highest BCUT2D eigenvalue weighted by Gasteiger charge is 2.40. The molecule has 2 saturated heterocycles. The summed E-state index contributed by atoms with van der Waals surface area (Å²) < 4.78 is 6.01. The second kappa shape index (κ2) is 32.4. The third kappa shape index (κ3) is 20.6. The Morgan fingerprint density at radius 3 is 2.01 bits per heavy atom. The Morgan fingerprint density at radius 2 is 1.38 bits per heavy atom.